The van der Waals surface area contributed by atoms with Crippen LogP contribution in [0, 0.1) is 5.82 Å². The van der Waals surface area contributed by atoms with Crippen molar-refractivity contribution in [1.82, 2.24) is 4.72 Å². The predicted octanol–water partition coefficient (Wildman–Crippen LogP) is 0.520. The number of nitrogens with zero attached hydrogens (tertiary/aromatic N) is 1. The zero-order valence-corrected chi connectivity index (χ0v) is 10.6. The van der Waals surface area contributed by atoms with Crippen molar-refractivity contribution in [2.45, 2.75) is 0 Å². The van der Waals surface area contributed by atoms with Gasteiger partial charge < -0.3 is 4.74 Å². The van der Waals surface area contributed by atoms with Crippen LogP contribution in [0.4, 0.5) is 4.39 Å². The van der Waals surface area contributed by atoms with Crippen LogP contribution in [0.25, 0.3) is 0 Å². The zero-order valence-electron chi connectivity index (χ0n) is 9.75. The van der Waals surface area contributed by atoms with E-state index >= 15 is 0 Å². The monoisotopic (exact) mass is 284 g/mol. The molecule has 19 heavy (non-hydrogen) atoms. The molecule has 0 bridgehead atoms. The normalized spacial score (nSPS) is 16.9. The van der Waals surface area contributed by atoms with E-state index in [0.717, 1.165) is 19.2 Å². The van der Waals surface area contributed by atoms with E-state index in [1.807, 2.05) is 4.72 Å². The second-order valence-electron chi connectivity index (χ2n) is 3.61. The Hall–Kier alpha value is -2.22. The summed E-state index contributed by atoms with van der Waals surface area (Å²) in [6.07, 6.45) is 1.22. The number of benzene rings is 1. The molecule has 0 aliphatic carbocycles. The van der Waals surface area contributed by atoms with Crippen molar-refractivity contribution in [3.05, 3.63) is 47.4 Å². The van der Waals surface area contributed by atoms with Gasteiger partial charge in [-0.05, 0) is 30.3 Å². The van der Waals surface area contributed by atoms with Gasteiger partial charge in [-0.1, -0.05) is 0 Å². The van der Waals surface area contributed by atoms with E-state index < -0.39 is 22.0 Å². The summed E-state index contributed by atoms with van der Waals surface area (Å²) >= 11 is 0. The fourth-order valence-electron chi connectivity index (χ4n) is 1.45. The number of carbonyl (C=O) groups excluding carboxylic acids is 1. The third-order valence-corrected chi connectivity index (χ3v) is 3.20. The van der Waals surface area contributed by atoms with Gasteiger partial charge in [-0.15, -0.1) is 4.40 Å². The molecule has 1 N–H and O–H groups in total. The lowest BCUT2D eigenvalue weighted by atomic mass is 10.1. The van der Waals surface area contributed by atoms with Gasteiger partial charge in [0.15, 0.2) is 0 Å². The molecule has 0 spiro atoms. The van der Waals surface area contributed by atoms with Crippen LogP contribution in [0.2, 0.25) is 0 Å². The number of ether oxygens (including phenoxy) is 1. The minimum absolute atomic E-state index is 0.0270. The fourth-order valence-corrected chi connectivity index (χ4v) is 2.33. The molecule has 0 aromatic heterocycles. The van der Waals surface area contributed by atoms with Crippen LogP contribution in [0.1, 0.15) is 5.56 Å². The smallest absolute Gasteiger partial charge is 0.355 e. The first-order chi connectivity index (χ1) is 8.91. The summed E-state index contributed by atoms with van der Waals surface area (Å²) in [6.45, 7) is 0. The Kier molecular flexibility index (Phi) is 3.34. The van der Waals surface area contributed by atoms with Crippen molar-refractivity contribution in [2.75, 3.05) is 7.11 Å². The summed E-state index contributed by atoms with van der Waals surface area (Å²) in [4.78, 5) is 11.4. The van der Waals surface area contributed by atoms with Crippen LogP contribution in [0.5, 0.6) is 0 Å². The Balaban J connectivity index is 2.48. The Morgan fingerprint density at radius 2 is 1.95 bits per heavy atom. The van der Waals surface area contributed by atoms with Gasteiger partial charge in [0, 0.05) is 5.56 Å². The van der Waals surface area contributed by atoms with Crippen LogP contribution < -0.4 is 4.72 Å². The molecule has 1 heterocycles. The number of methoxy groups -OCH3 is 1. The summed E-state index contributed by atoms with van der Waals surface area (Å²) in [5.41, 5.74) is 0.142. The molecule has 0 radical (unpaired) electrons. The quantitative estimate of drug-likeness (QED) is 0.802. The van der Waals surface area contributed by atoms with Gasteiger partial charge in [-0.25, -0.2) is 9.18 Å². The number of halogens is 1. The summed E-state index contributed by atoms with van der Waals surface area (Å²) < 4.78 is 45.7. The van der Waals surface area contributed by atoms with Crippen molar-refractivity contribution < 1.29 is 22.3 Å². The summed E-state index contributed by atoms with van der Waals surface area (Å²) in [6, 6.07) is 5.05. The molecule has 1 aliphatic heterocycles. The van der Waals surface area contributed by atoms with Crippen molar-refractivity contribution in [3.8, 4) is 0 Å². The Bertz CT molecular complexity index is 677. The van der Waals surface area contributed by atoms with E-state index in [4.69, 9.17) is 0 Å². The number of hydrogen-bond donors (Lipinski definition) is 1. The van der Waals surface area contributed by atoms with Crippen LogP contribution in [-0.2, 0) is 19.7 Å². The zero-order chi connectivity index (χ0) is 14.0. The Morgan fingerprint density at radius 1 is 1.32 bits per heavy atom. The van der Waals surface area contributed by atoms with Crippen LogP contribution in [-0.4, -0.2) is 27.2 Å². The van der Waals surface area contributed by atoms with Gasteiger partial charge >= 0.3 is 16.2 Å². The van der Waals surface area contributed by atoms with Crippen molar-refractivity contribution in [2.24, 2.45) is 4.40 Å². The van der Waals surface area contributed by atoms with Crippen molar-refractivity contribution >= 4 is 21.9 Å². The molecule has 0 amide bonds. The van der Waals surface area contributed by atoms with E-state index in [-0.39, 0.29) is 11.4 Å². The van der Waals surface area contributed by atoms with E-state index in [1.54, 1.807) is 0 Å². The standard InChI is InChI=1S/C11H9FN2O4S/c1-18-11(15)10-6-9(13-19(16,17)14-10)7-2-4-8(12)5-3-7/h2-6,14H,1H3. The Morgan fingerprint density at radius 3 is 2.53 bits per heavy atom. The minimum Gasteiger partial charge on any atom is -0.464 e. The first-order valence-electron chi connectivity index (χ1n) is 5.10. The lowest BCUT2D eigenvalue weighted by molar-refractivity contribution is -0.136. The fraction of sp³-hybridized carbons (Fsp3) is 0.0909. The maximum atomic E-state index is 12.8. The topological polar surface area (TPSA) is 84.8 Å². The molecule has 6 nitrogen and oxygen atoms in total. The highest BCUT2D eigenvalue weighted by Gasteiger charge is 2.23. The average molecular weight is 284 g/mol. The average Bonchev–Trinajstić information content (AvgIpc) is 2.36. The number of rotatable bonds is 2. The van der Waals surface area contributed by atoms with Gasteiger partial charge in [0.05, 0.1) is 12.8 Å². The van der Waals surface area contributed by atoms with Gasteiger partial charge in [-0.3, -0.25) is 4.72 Å². The first-order valence-corrected chi connectivity index (χ1v) is 6.54. The van der Waals surface area contributed by atoms with Gasteiger partial charge in [0.25, 0.3) is 0 Å². The molecular formula is C11H9FN2O4S. The van der Waals surface area contributed by atoms with Crippen LogP contribution in [0.3, 0.4) is 0 Å². The lowest BCUT2D eigenvalue weighted by Crippen LogP contribution is -2.31. The minimum atomic E-state index is -4.02. The molecule has 1 aromatic carbocycles. The molecular weight excluding hydrogens is 275 g/mol. The Labute approximate surface area is 108 Å². The molecule has 8 heteroatoms. The number of hydrogen-bond acceptors (Lipinski definition) is 4. The highest BCUT2D eigenvalue weighted by Crippen LogP contribution is 2.13. The first kappa shape index (κ1) is 13.2. The third kappa shape index (κ3) is 2.97. The largest absolute Gasteiger partial charge is 0.464 e. The molecule has 1 aromatic rings. The van der Waals surface area contributed by atoms with Gasteiger partial charge in [0.1, 0.15) is 11.5 Å². The molecule has 0 fully saturated rings. The summed E-state index contributed by atoms with van der Waals surface area (Å²) in [5.74, 6) is -1.30. The lowest BCUT2D eigenvalue weighted by Gasteiger charge is -2.13. The van der Waals surface area contributed by atoms with Crippen molar-refractivity contribution in [3.63, 3.8) is 0 Å². The second kappa shape index (κ2) is 4.81. The summed E-state index contributed by atoms with van der Waals surface area (Å²) in [5, 5.41) is 0. The molecule has 0 atom stereocenters. The summed E-state index contributed by atoms with van der Waals surface area (Å²) in [7, 11) is -2.89. The molecule has 100 valence electrons. The van der Waals surface area contributed by atoms with Gasteiger partial charge in [-0.2, -0.15) is 8.42 Å². The third-order valence-electron chi connectivity index (χ3n) is 2.28. The van der Waals surface area contributed by atoms with Crippen LogP contribution in [0.15, 0.2) is 40.4 Å². The molecule has 0 saturated carbocycles. The van der Waals surface area contributed by atoms with E-state index in [2.05, 4.69) is 9.13 Å². The number of allylic oxidation sites excluding steroid dienone is 1. The second-order valence-corrected chi connectivity index (χ2v) is 4.95. The predicted molar refractivity (Wildman–Crippen MR) is 65.1 cm³/mol. The maximum Gasteiger partial charge on any atom is 0.355 e. The van der Waals surface area contributed by atoms with E-state index in [9.17, 15) is 17.6 Å². The highest BCUT2D eigenvalue weighted by atomic mass is 32.2. The molecule has 1 aliphatic rings. The van der Waals surface area contributed by atoms with E-state index in [1.165, 1.54) is 18.2 Å². The van der Waals surface area contributed by atoms with Crippen LogP contribution >= 0.6 is 0 Å². The molecule has 0 unspecified atom stereocenters. The molecule has 0 saturated heterocycles. The number of carbonyl (C=O) groups is 1. The maximum absolute atomic E-state index is 12.8. The highest BCUT2D eigenvalue weighted by molar-refractivity contribution is 7.88. The molecule has 2 rings (SSSR count). The van der Waals surface area contributed by atoms with E-state index in [0.29, 0.717) is 5.56 Å². The van der Waals surface area contributed by atoms with Crippen molar-refractivity contribution in [1.29, 1.82) is 0 Å². The van der Waals surface area contributed by atoms with Gasteiger partial charge in [0.2, 0.25) is 0 Å². The number of esters is 1. The SMILES string of the molecule is COC(=O)C1=CC(c2ccc(F)cc2)=NS(=O)(=O)N1. The number of nitrogens with one attached hydrogen (secondary N) is 1.